The molecule has 43 heavy (non-hydrogen) atoms. The van der Waals surface area contributed by atoms with Gasteiger partial charge in [-0.3, -0.25) is 19.5 Å². The second-order valence-electron chi connectivity index (χ2n) is 9.80. The highest BCUT2D eigenvalue weighted by Crippen LogP contribution is 2.42. The minimum Gasteiger partial charge on any atom is -0.448 e. The molecule has 2 amide bonds. The first-order valence-electron chi connectivity index (χ1n) is 13.6. The molecule has 4 heterocycles. The lowest BCUT2D eigenvalue weighted by Gasteiger charge is -2.49. The van der Waals surface area contributed by atoms with Crippen molar-refractivity contribution in [1.29, 1.82) is 0 Å². The number of pyridine rings is 1. The largest absolute Gasteiger partial charge is 0.448 e. The number of fused-ring (bicyclic) bond motifs is 1. The zero-order chi connectivity index (χ0) is 29.6. The molecule has 2 aromatic carbocycles. The van der Waals surface area contributed by atoms with Crippen molar-refractivity contribution in [3.8, 4) is 0 Å². The summed E-state index contributed by atoms with van der Waals surface area (Å²) < 4.78 is 6.21. The Kier molecular flexibility index (Phi) is 9.07. The van der Waals surface area contributed by atoms with Gasteiger partial charge in [0.25, 0.3) is 5.91 Å². The minimum atomic E-state index is -0.712. The third-order valence-electron chi connectivity index (χ3n) is 6.98. The Bertz CT molecular complexity index is 1610. The van der Waals surface area contributed by atoms with Gasteiger partial charge in [-0.05, 0) is 51.8 Å². The molecule has 6 rings (SSSR count). The van der Waals surface area contributed by atoms with Crippen LogP contribution < -0.4 is 5.32 Å². The van der Waals surface area contributed by atoms with Crippen molar-refractivity contribution in [1.82, 2.24) is 15.2 Å². The molecular weight excluding hydrogens is 599 g/mol. The Morgan fingerprint density at radius 2 is 1.70 bits per heavy atom. The molecule has 4 aromatic rings. The van der Waals surface area contributed by atoms with Crippen molar-refractivity contribution in [3.05, 3.63) is 141 Å². The molecule has 2 aliphatic heterocycles. The van der Waals surface area contributed by atoms with Gasteiger partial charge in [-0.2, -0.15) is 0 Å². The van der Waals surface area contributed by atoms with Gasteiger partial charge in [-0.25, -0.2) is 4.79 Å². The molecular formula is C33H27N3O4S3. The smallest absolute Gasteiger partial charge is 0.356 e. The molecule has 10 heteroatoms. The molecule has 0 saturated carbocycles. The van der Waals surface area contributed by atoms with Crippen molar-refractivity contribution in [2.45, 2.75) is 28.8 Å². The number of rotatable bonds is 10. The predicted molar refractivity (Wildman–Crippen MR) is 170 cm³/mol. The number of aromatic nitrogens is 1. The van der Waals surface area contributed by atoms with Crippen LogP contribution in [0.3, 0.4) is 0 Å². The van der Waals surface area contributed by atoms with Crippen molar-refractivity contribution in [3.63, 3.8) is 0 Å². The topological polar surface area (TPSA) is 88.6 Å². The van der Waals surface area contributed by atoms with Gasteiger partial charge in [0.05, 0.1) is 6.42 Å². The number of benzene rings is 2. The lowest BCUT2D eigenvalue weighted by Crippen LogP contribution is -2.70. The first kappa shape index (κ1) is 29.0. The maximum Gasteiger partial charge on any atom is 0.356 e. The number of nitrogens with one attached hydrogen (secondary N) is 1. The summed E-state index contributed by atoms with van der Waals surface area (Å²) in [7, 11) is 0. The van der Waals surface area contributed by atoms with E-state index in [9.17, 15) is 14.4 Å². The number of thiophene rings is 1. The van der Waals surface area contributed by atoms with E-state index in [1.165, 1.54) is 39.8 Å². The number of carbonyl (C=O) groups excluding carboxylic acids is 3. The van der Waals surface area contributed by atoms with Crippen LogP contribution in [0, 0.1) is 0 Å². The van der Waals surface area contributed by atoms with E-state index in [-0.39, 0.29) is 23.9 Å². The number of esters is 1. The maximum atomic E-state index is 14.1. The summed E-state index contributed by atoms with van der Waals surface area (Å²) in [6.07, 6.45) is 4.85. The fourth-order valence-electron chi connectivity index (χ4n) is 4.91. The molecule has 0 bridgehead atoms. The molecule has 2 aromatic heterocycles. The van der Waals surface area contributed by atoms with Crippen molar-refractivity contribution in [2.24, 2.45) is 0 Å². The second kappa shape index (κ2) is 13.5. The number of allylic oxidation sites excluding steroid dienone is 1. The molecule has 0 aliphatic carbocycles. The summed E-state index contributed by atoms with van der Waals surface area (Å²) >= 11 is 4.51. The summed E-state index contributed by atoms with van der Waals surface area (Å²) in [4.78, 5) is 47.8. The highest BCUT2D eigenvalue weighted by Gasteiger charge is 2.54. The third kappa shape index (κ3) is 6.61. The number of amides is 2. The Balaban J connectivity index is 1.28. The molecule has 2 aliphatic rings. The first-order chi connectivity index (χ1) is 21.1. The highest BCUT2D eigenvalue weighted by molar-refractivity contribution is 8.02. The number of hydrogen-bond donors (Lipinski definition) is 1. The molecule has 1 saturated heterocycles. The summed E-state index contributed by atoms with van der Waals surface area (Å²) in [5.41, 5.74) is 2.54. The Morgan fingerprint density at radius 3 is 2.35 bits per heavy atom. The number of nitrogens with zero attached hydrogens (tertiary/aromatic N) is 2. The number of ether oxygens (including phenoxy) is 1. The van der Waals surface area contributed by atoms with E-state index in [4.69, 9.17) is 4.74 Å². The number of β-lactam (4-membered cyclic amide) rings is 1. The highest BCUT2D eigenvalue weighted by atomic mass is 32.2. The van der Waals surface area contributed by atoms with Gasteiger partial charge in [0.2, 0.25) is 5.91 Å². The monoisotopic (exact) mass is 625 g/mol. The summed E-state index contributed by atoms with van der Waals surface area (Å²) in [5, 5.41) is 6.30. The fourth-order valence-corrected chi connectivity index (χ4v) is 7.60. The first-order valence-corrected chi connectivity index (χ1v) is 16.4. The van der Waals surface area contributed by atoms with Gasteiger partial charge in [-0.15, -0.1) is 23.1 Å². The number of hydrogen-bond acceptors (Lipinski definition) is 8. The standard InChI is InChI=1S/C33H27N3O4S3/c37-27(20-26-12-7-18-41-26)35-28-31(38)36-29(24(21-43-32(28)36)15-19-42-25-13-16-34-17-14-25)33(39)40-30(22-8-3-1-4-9-22)23-10-5-2-6-11-23/h1-19,28,30,32H,20-21H2,(H,35,37)/t28?,32-/m1/s1. The van der Waals surface area contributed by atoms with Gasteiger partial charge < -0.3 is 10.1 Å². The molecule has 216 valence electrons. The summed E-state index contributed by atoms with van der Waals surface area (Å²) in [5.74, 6) is -0.660. The molecule has 7 nitrogen and oxygen atoms in total. The van der Waals surface area contributed by atoms with Gasteiger partial charge in [-0.1, -0.05) is 78.5 Å². The van der Waals surface area contributed by atoms with Crippen LogP contribution in [0.15, 0.2) is 130 Å². The van der Waals surface area contributed by atoms with E-state index in [0.717, 1.165) is 20.9 Å². The molecule has 1 fully saturated rings. The average Bonchev–Trinajstić information content (AvgIpc) is 3.56. The predicted octanol–water partition coefficient (Wildman–Crippen LogP) is 5.98. The Labute approximate surface area is 262 Å². The van der Waals surface area contributed by atoms with E-state index in [0.29, 0.717) is 11.3 Å². The minimum absolute atomic E-state index is 0.208. The zero-order valence-electron chi connectivity index (χ0n) is 22.9. The van der Waals surface area contributed by atoms with E-state index in [1.807, 2.05) is 102 Å². The second-order valence-corrected chi connectivity index (χ2v) is 12.9. The van der Waals surface area contributed by atoms with Crippen LogP contribution in [-0.4, -0.2) is 44.8 Å². The zero-order valence-corrected chi connectivity index (χ0v) is 25.3. The lowest BCUT2D eigenvalue weighted by atomic mass is 10.0. The number of thioether (sulfide) groups is 2. The van der Waals surface area contributed by atoms with Crippen LogP contribution in [0.5, 0.6) is 0 Å². The van der Waals surface area contributed by atoms with Crippen molar-refractivity contribution < 1.29 is 19.1 Å². The number of carbonyl (C=O) groups is 3. The fraction of sp³-hybridized carbons (Fsp3) is 0.152. The average molecular weight is 626 g/mol. The summed E-state index contributed by atoms with van der Waals surface area (Å²) in [6, 6.07) is 26.0. The lowest BCUT2D eigenvalue weighted by molar-refractivity contribution is -0.154. The van der Waals surface area contributed by atoms with Crippen LogP contribution in [0.1, 0.15) is 22.1 Å². The van der Waals surface area contributed by atoms with Gasteiger partial charge >= 0.3 is 5.97 Å². The van der Waals surface area contributed by atoms with E-state index < -0.39 is 23.5 Å². The van der Waals surface area contributed by atoms with Crippen LogP contribution in [0.2, 0.25) is 0 Å². The molecule has 0 radical (unpaired) electrons. The van der Waals surface area contributed by atoms with Gasteiger partial charge in [0.1, 0.15) is 17.1 Å². The van der Waals surface area contributed by atoms with Gasteiger partial charge in [0.15, 0.2) is 6.10 Å². The molecule has 1 N–H and O–H groups in total. The van der Waals surface area contributed by atoms with E-state index >= 15 is 0 Å². The van der Waals surface area contributed by atoms with E-state index in [2.05, 4.69) is 10.3 Å². The van der Waals surface area contributed by atoms with Crippen LogP contribution in [-0.2, 0) is 25.5 Å². The third-order valence-corrected chi connectivity index (χ3v) is 9.97. The Hall–Kier alpha value is -4.12. The molecule has 2 atom stereocenters. The van der Waals surface area contributed by atoms with Crippen LogP contribution in [0.25, 0.3) is 0 Å². The normalized spacial score (nSPS) is 18.0. The maximum absolute atomic E-state index is 14.1. The summed E-state index contributed by atoms with van der Waals surface area (Å²) in [6.45, 7) is 0. The van der Waals surface area contributed by atoms with Crippen LogP contribution >= 0.6 is 34.9 Å². The SMILES string of the molecule is O=C(Cc1cccs1)NC1C(=O)N2C(C(=O)OC(c3ccccc3)c3ccccc3)=C(C=CSc3ccncc3)CS[C@H]12. The Morgan fingerprint density at radius 1 is 1.00 bits per heavy atom. The van der Waals surface area contributed by atoms with Crippen molar-refractivity contribution in [2.75, 3.05) is 5.75 Å². The molecule has 1 unspecified atom stereocenters. The molecule has 0 spiro atoms. The van der Waals surface area contributed by atoms with Gasteiger partial charge in [0, 0.05) is 27.9 Å². The van der Waals surface area contributed by atoms with Crippen molar-refractivity contribution >= 4 is 52.6 Å². The van der Waals surface area contributed by atoms with E-state index in [1.54, 1.807) is 12.4 Å². The quantitative estimate of drug-likeness (QED) is 0.132. The van der Waals surface area contributed by atoms with Crippen LogP contribution in [0.4, 0.5) is 0 Å².